The van der Waals surface area contributed by atoms with Crippen molar-refractivity contribution in [3.05, 3.63) is 101 Å². The number of ether oxygens (including phenoxy) is 5. The monoisotopic (exact) mass is 827 g/mol. The third kappa shape index (κ3) is 11.9. The maximum atomic E-state index is 15.7. The number of aliphatic carboxylic acids is 1. The van der Waals surface area contributed by atoms with Crippen molar-refractivity contribution in [2.24, 2.45) is 5.92 Å². The molecule has 1 amide bonds. The summed E-state index contributed by atoms with van der Waals surface area (Å²) in [6.45, 7) is 1.24. The zero-order chi connectivity index (χ0) is 41.7. The summed E-state index contributed by atoms with van der Waals surface area (Å²) in [5.74, 6) is -5.09. The molecule has 2 atom stereocenters. The number of nitrogens with zero attached hydrogens (tertiary/aromatic N) is 5. The number of amides is 1. The summed E-state index contributed by atoms with van der Waals surface area (Å²) < 4.78 is 73.0. The van der Waals surface area contributed by atoms with Gasteiger partial charge in [-0.1, -0.05) is 24.3 Å². The van der Waals surface area contributed by atoms with Gasteiger partial charge in [0.25, 0.3) is 0 Å². The summed E-state index contributed by atoms with van der Waals surface area (Å²) >= 11 is 1.22. The van der Waals surface area contributed by atoms with Crippen molar-refractivity contribution in [1.82, 2.24) is 19.7 Å². The highest BCUT2D eigenvalue weighted by Crippen LogP contribution is 2.42. The predicted molar refractivity (Wildman–Crippen MR) is 199 cm³/mol. The predicted octanol–water partition coefficient (Wildman–Crippen LogP) is 5.35. The fourth-order valence-electron chi connectivity index (χ4n) is 6.26. The van der Waals surface area contributed by atoms with E-state index in [1.165, 1.54) is 52.2 Å². The second-order valence-corrected chi connectivity index (χ2v) is 14.9. The fraction of sp³-hybridized carbons (Fsp3) is 0.410. The van der Waals surface area contributed by atoms with Crippen LogP contribution < -0.4 is 0 Å². The standard InChI is InChI=1S/C39H40F3N5O10S/c1-25(58-30-19-53-36(54-20-30)5-3-2-4-27-7-6-26(18-43)16-32(27)41)39(21-47-23-44-22-45-47,31-9-8-29(40)17-33(31)42)57-38(52)56-24-55-35(49)11-10-34(48)46-14-12-28(13-15-46)37(50)51/h2-9,16-17,22-23,25,28,30,36H,10-15,19-21,24H2,1H3,(H,50,51)/b4-2+,5-3+. The molecule has 2 fully saturated rings. The molecule has 5 rings (SSSR count). The van der Waals surface area contributed by atoms with Gasteiger partial charge in [-0.05, 0) is 50.1 Å². The van der Waals surface area contributed by atoms with Crippen LogP contribution in [-0.2, 0) is 50.2 Å². The molecule has 0 saturated carbocycles. The summed E-state index contributed by atoms with van der Waals surface area (Å²) in [4.78, 5) is 54.8. The molecule has 0 radical (unpaired) electrons. The molecule has 2 aliphatic heterocycles. The molecule has 15 nitrogen and oxygen atoms in total. The first-order valence-corrected chi connectivity index (χ1v) is 19.0. The maximum Gasteiger partial charge on any atom is 0.512 e. The number of hydrogen-bond donors (Lipinski definition) is 1. The molecule has 2 unspecified atom stereocenters. The number of piperidine rings is 1. The number of rotatable bonds is 16. The number of esters is 1. The minimum atomic E-state index is -1.93. The lowest BCUT2D eigenvalue weighted by Gasteiger charge is -2.40. The molecule has 1 aromatic heterocycles. The largest absolute Gasteiger partial charge is 0.512 e. The zero-order valence-electron chi connectivity index (χ0n) is 31.2. The van der Waals surface area contributed by atoms with Crippen molar-refractivity contribution >= 4 is 41.8 Å². The van der Waals surface area contributed by atoms with Crippen molar-refractivity contribution in [3.8, 4) is 6.07 Å². The van der Waals surface area contributed by atoms with E-state index in [2.05, 4.69) is 10.1 Å². The minimum Gasteiger partial charge on any atom is -0.481 e. The van der Waals surface area contributed by atoms with E-state index in [9.17, 15) is 28.0 Å². The molecule has 2 saturated heterocycles. The summed E-state index contributed by atoms with van der Waals surface area (Å²) in [5.41, 5.74) is -1.65. The molecular formula is C39H40F3N5O10S. The molecule has 0 spiro atoms. The van der Waals surface area contributed by atoms with Crippen LogP contribution in [-0.4, -0.2) is 98.7 Å². The van der Waals surface area contributed by atoms with E-state index in [0.29, 0.717) is 18.9 Å². The summed E-state index contributed by atoms with van der Waals surface area (Å²) in [7, 11) is 0. The Morgan fingerprint density at radius 2 is 1.81 bits per heavy atom. The molecule has 2 aromatic carbocycles. The van der Waals surface area contributed by atoms with Crippen molar-refractivity contribution in [2.75, 3.05) is 33.1 Å². The molecule has 0 aliphatic carbocycles. The lowest BCUT2D eigenvalue weighted by Crippen LogP contribution is -2.47. The summed E-state index contributed by atoms with van der Waals surface area (Å²) in [6.07, 6.45) is 6.84. The van der Waals surface area contributed by atoms with Gasteiger partial charge in [0.05, 0.1) is 49.0 Å². The minimum absolute atomic E-state index is 0.146. The van der Waals surface area contributed by atoms with Gasteiger partial charge in [0, 0.05) is 42.0 Å². The first-order valence-electron chi connectivity index (χ1n) is 18.1. The molecule has 308 valence electrons. The Balaban J connectivity index is 1.20. The van der Waals surface area contributed by atoms with E-state index in [-0.39, 0.29) is 73.5 Å². The fourth-order valence-corrected chi connectivity index (χ4v) is 7.62. The van der Waals surface area contributed by atoms with Crippen LogP contribution in [0.1, 0.15) is 49.3 Å². The Bertz CT molecular complexity index is 2010. The number of thioether (sulfide) groups is 1. The summed E-state index contributed by atoms with van der Waals surface area (Å²) in [6, 6.07) is 8.79. The van der Waals surface area contributed by atoms with Crippen molar-refractivity contribution in [3.63, 3.8) is 0 Å². The Kier molecular flexibility index (Phi) is 15.4. The molecule has 3 heterocycles. The first kappa shape index (κ1) is 43.4. The van der Waals surface area contributed by atoms with Gasteiger partial charge in [0.2, 0.25) is 12.7 Å². The van der Waals surface area contributed by atoms with Crippen LogP contribution in [0.3, 0.4) is 0 Å². The smallest absolute Gasteiger partial charge is 0.481 e. The van der Waals surface area contributed by atoms with Crippen molar-refractivity contribution < 1.29 is 61.1 Å². The van der Waals surface area contributed by atoms with Crippen LogP contribution >= 0.6 is 11.8 Å². The average Bonchev–Trinajstić information content (AvgIpc) is 3.72. The van der Waals surface area contributed by atoms with Crippen molar-refractivity contribution in [2.45, 2.75) is 61.5 Å². The third-order valence-electron chi connectivity index (χ3n) is 9.38. The number of hydrogen-bond acceptors (Lipinski definition) is 13. The van der Waals surface area contributed by atoms with Crippen LogP contribution in [0.25, 0.3) is 6.08 Å². The van der Waals surface area contributed by atoms with Crippen molar-refractivity contribution in [1.29, 1.82) is 5.26 Å². The van der Waals surface area contributed by atoms with Gasteiger partial charge >= 0.3 is 18.1 Å². The van der Waals surface area contributed by atoms with E-state index in [0.717, 1.165) is 18.2 Å². The van der Waals surface area contributed by atoms with Crippen LogP contribution in [0.5, 0.6) is 0 Å². The molecule has 2 aliphatic rings. The number of benzene rings is 2. The molecular weight excluding hydrogens is 788 g/mol. The van der Waals surface area contributed by atoms with E-state index >= 15 is 4.39 Å². The van der Waals surface area contributed by atoms with E-state index < -0.39 is 65.4 Å². The number of allylic oxidation sites excluding steroid dienone is 2. The lowest BCUT2D eigenvalue weighted by atomic mass is 9.89. The van der Waals surface area contributed by atoms with Crippen LogP contribution in [0.15, 0.2) is 67.3 Å². The Morgan fingerprint density at radius 1 is 1.05 bits per heavy atom. The zero-order valence-corrected chi connectivity index (χ0v) is 32.0. The number of nitriles is 1. The van der Waals surface area contributed by atoms with E-state index in [1.807, 2.05) is 6.07 Å². The number of carbonyl (C=O) groups is 4. The van der Waals surface area contributed by atoms with Gasteiger partial charge in [-0.2, -0.15) is 10.4 Å². The van der Waals surface area contributed by atoms with Gasteiger partial charge in [0.1, 0.15) is 30.1 Å². The van der Waals surface area contributed by atoms with Gasteiger partial charge in [-0.15, -0.1) is 11.8 Å². The highest BCUT2D eigenvalue weighted by molar-refractivity contribution is 8.00. The lowest BCUT2D eigenvalue weighted by molar-refractivity contribution is -0.157. The second kappa shape index (κ2) is 20.6. The molecule has 58 heavy (non-hydrogen) atoms. The van der Waals surface area contributed by atoms with E-state index in [4.69, 9.17) is 34.1 Å². The normalized spacial score (nSPS) is 19.0. The Labute approximate surface area is 335 Å². The molecule has 19 heteroatoms. The highest BCUT2D eigenvalue weighted by Gasteiger charge is 2.47. The number of likely N-dealkylation sites (tertiary alicyclic amines) is 1. The summed E-state index contributed by atoms with van der Waals surface area (Å²) in [5, 5.41) is 21.0. The molecule has 3 aromatic rings. The molecule has 1 N–H and O–H groups in total. The Hall–Kier alpha value is -5.71. The maximum absolute atomic E-state index is 15.7. The highest BCUT2D eigenvalue weighted by atomic mass is 32.2. The number of halogens is 3. The van der Waals surface area contributed by atoms with E-state index in [1.54, 1.807) is 25.2 Å². The number of carboxylic acids is 1. The van der Waals surface area contributed by atoms with Crippen LogP contribution in [0.4, 0.5) is 18.0 Å². The quantitative estimate of drug-likeness (QED) is 0.110. The topological polar surface area (TPSA) is 192 Å². The SMILES string of the molecule is CC(SC1COC(/C=C/C=C/c2ccc(C#N)cc2F)OC1)C(Cn1cncn1)(OC(=O)OCOC(=O)CCC(=O)N1CCC(C(=O)O)CC1)c1ccc(F)cc1F. The number of carboxylic acid groups (broad SMARTS) is 1. The molecule has 0 bridgehead atoms. The second-order valence-electron chi connectivity index (χ2n) is 13.3. The number of aromatic nitrogens is 3. The van der Waals surface area contributed by atoms with Crippen LogP contribution in [0.2, 0.25) is 0 Å². The third-order valence-corrected chi connectivity index (χ3v) is 10.8. The van der Waals surface area contributed by atoms with Gasteiger partial charge in [0.15, 0.2) is 11.9 Å². The van der Waals surface area contributed by atoms with Crippen LogP contribution in [0, 0.1) is 34.7 Å². The first-order chi connectivity index (χ1) is 27.9. The Morgan fingerprint density at radius 3 is 2.47 bits per heavy atom. The average molecular weight is 828 g/mol. The number of carbonyl (C=O) groups excluding carboxylic acids is 3. The van der Waals surface area contributed by atoms with Gasteiger partial charge in [-0.25, -0.2) is 27.6 Å². The van der Waals surface area contributed by atoms with Gasteiger partial charge in [-0.3, -0.25) is 14.4 Å². The van der Waals surface area contributed by atoms with Gasteiger partial charge < -0.3 is 33.7 Å².